The summed E-state index contributed by atoms with van der Waals surface area (Å²) < 4.78 is 52.5. The van der Waals surface area contributed by atoms with Gasteiger partial charge in [0.1, 0.15) is 5.75 Å². The maximum atomic E-state index is 12.6. The minimum absolute atomic E-state index is 0.329. The molecule has 1 aromatic heterocycles. The van der Waals surface area contributed by atoms with Gasteiger partial charge >= 0.3 is 6.36 Å². The molecule has 94 valence electrons. The number of aromatic nitrogens is 1. The first-order valence-electron chi connectivity index (χ1n) is 4.92. The highest BCUT2D eigenvalue weighted by molar-refractivity contribution is 5.63. The molecule has 6 heteroatoms. The molecule has 0 saturated heterocycles. The molecule has 1 heterocycles. The van der Waals surface area contributed by atoms with Gasteiger partial charge in [0.25, 0.3) is 0 Å². The van der Waals surface area contributed by atoms with E-state index in [2.05, 4.69) is 9.72 Å². The number of hydrogen-bond acceptors (Lipinski definition) is 2. The van der Waals surface area contributed by atoms with Crippen molar-refractivity contribution in [1.29, 1.82) is 0 Å². The van der Waals surface area contributed by atoms with Crippen LogP contribution in [0.2, 0.25) is 0 Å². The third kappa shape index (κ3) is 3.19. The lowest BCUT2D eigenvalue weighted by molar-refractivity contribution is -0.274. The predicted octanol–water partition coefficient (Wildman–Crippen LogP) is 3.79. The SMILES string of the molecule is Fc1ccc(-c2cccc(OC(F)(F)F)c2)cn1. The van der Waals surface area contributed by atoms with Crippen LogP contribution in [-0.2, 0) is 0 Å². The van der Waals surface area contributed by atoms with Crippen LogP contribution in [0.25, 0.3) is 11.1 Å². The highest BCUT2D eigenvalue weighted by Crippen LogP contribution is 2.27. The Hall–Kier alpha value is -2.11. The van der Waals surface area contributed by atoms with Crippen LogP contribution in [0.15, 0.2) is 42.6 Å². The van der Waals surface area contributed by atoms with Crippen molar-refractivity contribution in [2.75, 3.05) is 0 Å². The van der Waals surface area contributed by atoms with Gasteiger partial charge in [0.2, 0.25) is 5.95 Å². The van der Waals surface area contributed by atoms with E-state index in [0.29, 0.717) is 11.1 Å². The van der Waals surface area contributed by atoms with E-state index in [1.54, 1.807) is 6.07 Å². The monoisotopic (exact) mass is 257 g/mol. The first kappa shape index (κ1) is 12.3. The Bertz CT molecular complexity index is 537. The average molecular weight is 257 g/mol. The third-order valence-corrected chi connectivity index (χ3v) is 2.13. The Morgan fingerprint density at radius 1 is 1.00 bits per heavy atom. The van der Waals surface area contributed by atoms with Crippen molar-refractivity contribution in [3.8, 4) is 16.9 Å². The lowest BCUT2D eigenvalue weighted by Gasteiger charge is -2.09. The van der Waals surface area contributed by atoms with Crippen LogP contribution in [0.1, 0.15) is 0 Å². The Kier molecular flexibility index (Phi) is 3.18. The number of benzene rings is 1. The van der Waals surface area contributed by atoms with Crippen LogP contribution in [0.3, 0.4) is 0 Å². The first-order chi connectivity index (χ1) is 8.44. The fraction of sp³-hybridized carbons (Fsp3) is 0.0833. The Balaban J connectivity index is 2.29. The molecule has 18 heavy (non-hydrogen) atoms. The number of hydrogen-bond donors (Lipinski definition) is 0. The van der Waals surface area contributed by atoms with Crippen molar-refractivity contribution in [2.45, 2.75) is 6.36 Å². The molecule has 0 aliphatic rings. The molecule has 0 unspecified atom stereocenters. The van der Waals surface area contributed by atoms with Crippen molar-refractivity contribution in [1.82, 2.24) is 4.98 Å². The maximum absolute atomic E-state index is 12.6. The fourth-order valence-corrected chi connectivity index (χ4v) is 1.42. The molecule has 0 atom stereocenters. The van der Waals surface area contributed by atoms with Gasteiger partial charge in [-0.3, -0.25) is 0 Å². The second-order valence-electron chi connectivity index (χ2n) is 3.45. The van der Waals surface area contributed by atoms with Gasteiger partial charge in [-0.1, -0.05) is 12.1 Å². The van der Waals surface area contributed by atoms with Gasteiger partial charge < -0.3 is 4.74 Å². The van der Waals surface area contributed by atoms with E-state index < -0.39 is 12.3 Å². The highest BCUT2D eigenvalue weighted by atomic mass is 19.4. The molecule has 2 rings (SSSR count). The molecule has 0 N–H and O–H groups in total. The molecule has 0 aliphatic heterocycles. The largest absolute Gasteiger partial charge is 0.573 e. The normalized spacial score (nSPS) is 11.3. The summed E-state index contributed by atoms with van der Waals surface area (Å²) in [4.78, 5) is 3.43. The molecule has 2 aromatic rings. The molecule has 0 saturated carbocycles. The number of halogens is 4. The zero-order valence-electron chi connectivity index (χ0n) is 8.91. The Morgan fingerprint density at radius 2 is 1.78 bits per heavy atom. The number of alkyl halides is 3. The van der Waals surface area contributed by atoms with Crippen molar-refractivity contribution >= 4 is 0 Å². The second-order valence-corrected chi connectivity index (χ2v) is 3.45. The zero-order chi connectivity index (χ0) is 13.2. The molecule has 0 bridgehead atoms. The van der Waals surface area contributed by atoms with Gasteiger partial charge in [0.15, 0.2) is 0 Å². The van der Waals surface area contributed by atoms with Gasteiger partial charge in [0.05, 0.1) is 0 Å². The first-order valence-corrected chi connectivity index (χ1v) is 4.92. The van der Waals surface area contributed by atoms with Crippen molar-refractivity contribution in [3.05, 3.63) is 48.5 Å². The van der Waals surface area contributed by atoms with Gasteiger partial charge in [-0.2, -0.15) is 4.39 Å². The summed E-state index contributed by atoms with van der Waals surface area (Å²) in [5.74, 6) is -0.981. The lowest BCUT2D eigenvalue weighted by Crippen LogP contribution is -2.17. The van der Waals surface area contributed by atoms with E-state index in [9.17, 15) is 17.6 Å². The molecular weight excluding hydrogens is 250 g/mol. The van der Waals surface area contributed by atoms with Crippen molar-refractivity contribution < 1.29 is 22.3 Å². The molecule has 0 radical (unpaired) electrons. The van der Waals surface area contributed by atoms with Crippen LogP contribution >= 0.6 is 0 Å². The molecule has 2 nitrogen and oxygen atoms in total. The van der Waals surface area contributed by atoms with Gasteiger partial charge in [-0.05, 0) is 29.8 Å². The van der Waals surface area contributed by atoms with Crippen LogP contribution in [0, 0.1) is 5.95 Å². The summed E-state index contributed by atoms with van der Waals surface area (Å²) >= 11 is 0. The van der Waals surface area contributed by atoms with Crippen LogP contribution in [0.4, 0.5) is 17.6 Å². The summed E-state index contributed by atoms with van der Waals surface area (Å²) in [6.07, 6.45) is -3.50. The quantitative estimate of drug-likeness (QED) is 0.603. The van der Waals surface area contributed by atoms with Crippen LogP contribution in [0.5, 0.6) is 5.75 Å². The second kappa shape index (κ2) is 4.64. The van der Waals surface area contributed by atoms with Crippen molar-refractivity contribution in [2.24, 2.45) is 0 Å². The molecule has 0 fully saturated rings. The van der Waals surface area contributed by atoms with Crippen molar-refractivity contribution in [3.63, 3.8) is 0 Å². The topological polar surface area (TPSA) is 22.1 Å². The number of ether oxygens (including phenoxy) is 1. The number of nitrogens with zero attached hydrogens (tertiary/aromatic N) is 1. The number of rotatable bonds is 2. The molecule has 0 amide bonds. The van der Waals surface area contributed by atoms with Gasteiger partial charge in [-0.15, -0.1) is 13.2 Å². The van der Waals surface area contributed by atoms with E-state index >= 15 is 0 Å². The van der Waals surface area contributed by atoms with Gasteiger partial charge in [-0.25, -0.2) is 4.98 Å². The fourth-order valence-electron chi connectivity index (χ4n) is 1.42. The highest BCUT2D eigenvalue weighted by Gasteiger charge is 2.31. The molecular formula is C12H7F4NO. The number of pyridine rings is 1. The summed E-state index contributed by atoms with van der Waals surface area (Å²) in [6, 6.07) is 7.95. The predicted molar refractivity (Wildman–Crippen MR) is 56.3 cm³/mol. The summed E-state index contributed by atoms with van der Waals surface area (Å²) in [6.45, 7) is 0. The summed E-state index contributed by atoms with van der Waals surface area (Å²) in [5.41, 5.74) is 0.966. The van der Waals surface area contributed by atoms with E-state index in [0.717, 1.165) is 6.07 Å². The minimum atomic E-state index is -4.74. The molecule has 0 aliphatic carbocycles. The van der Waals surface area contributed by atoms with Crippen LogP contribution < -0.4 is 4.74 Å². The van der Waals surface area contributed by atoms with Gasteiger partial charge in [0, 0.05) is 11.8 Å². The van der Waals surface area contributed by atoms with Crippen LogP contribution in [-0.4, -0.2) is 11.3 Å². The average Bonchev–Trinajstić information content (AvgIpc) is 2.28. The zero-order valence-corrected chi connectivity index (χ0v) is 8.91. The third-order valence-electron chi connectivity index (χ3n) is 2.13. The van der Waals surface area contributed by atoms with E-state index in [4.69, 9.17) is 0 Å². The van der Waals surface area contributed by atoms with E-state index in [1.807, 2.05) is 0 Å². The standard InChI is InChI=1S/C12H7F4NO/c13-11-5-4-9(7-17-11)8-2-1-3-10(6-8)18-12(14,15)16/h1-7H. The summed E-state index contributed by atoms with van der Waals surface area (Å²) in [5, 5.41) is 0. The lowest BCUT2D eigenvalue weighted by atomic mass is 10.1. The van der Waals surface area contributed by atoms with E-state index in [-0.39, 0.29) is 5.75 Å². The minimum Gasteiger partial charge on any atom is -0.406 e. The smallest absolute Gasteiger partial charge is 0.406 e. The molecule has 0 spiro atoms. The Morgan fingerprint density at radius 3 is 2.39 bits per heavy atom. The van der Waals surface area contributed by atoms with E-state index in [1.165, 1.54) is 30.5 Å². The summed E-state index contributed by atoms with van der Waals surface area (Å²) in [7, 11) is 0. The maximum Gasteiger partial charge on any atom is 0.573 e. The Labute approximate surface area is 99.8 Å². The molecule has 1 aromatic carbocycles.